The smallest absolute Gasteiger partial charge is 0.264 e. The molecule has 24 heavy (non-hydrogen) atoms. The lowest BCUT2D eigenvalue weighted by Crippen LogP contribution is -2.37. The Bertz CT molecular complexity index is 760. The summed E-state index contributed by atoms with van der Waals surface area (Å²) in [6.07, 6.45) is 0. The van der Waals surface area contributed by atoms with Crippen LogP contribution in [0, 0.1) is 6.92 Å². The van der Waals surface area contributed by atoms with Crippen LogP contribution in [0.2, 0.25) is 0 Å². The van der Waals surface area contributed by atoms with E-state index in [1.165, 1.54) is 0 Å². The number of amides is 2. The van der Waals surface area contributed by atoms with Crippen molar-refractivity contribution in [2.45, 2.75) is 6.92 Å². The predicted octanol–water partition coefficient (Wildman–Crippen LogP) is 1.99. The molecule has 2 amide bonds. The number of benzene rings is 2. The lowest BCUT2D eigenvalue weighted by molar-refractivity contribution is -0.121. The van der Waals surface area contributed by atoms with Gasteiger partial charge in [-0.15, -0.1) is 0 Å². The van der Waals surface area contributed by atoms with Gasteiger partial charge in [0.1, 0.15) is 5.75 Å². The number of anilines is 1. The van der Waals surface area contributed by atoms with Crippen LogP contribution in [0.5, 0.6) is 5.75 Å². The topological polar surface area (TPSA) is 93.4 Å². The molecule has 0 saturated heterocycles. The fourth-order valence-electron chi connectivity index (χ4n) is 1.90. The summed E-state index contributed by atoms with van der Waals surface area (Å²) >= 11 is 5.06. The number of carbonyl (C=O) groups is 2. The van der Waals surface area contributed by atoms with Gasteiger partial charge in [-0.2, -0.15) is 0 Å². The standard InChI is InChI=1S/C17H17N3O3S/c1-11-4-2-3-5-14(11)23-10-15(21)20-17(24)19-13-8-6-12(7-9-13)16(18)22/h2-9H,10H2,1H3,(H2,18,22)(H2,19,20,21,24). The summed E-state index contributed by atoms with van der Waals surface area (Å²) in [5.41, 5.74) is 7.13. The summed E-state index contributed by atoms with van der Waals surface area (Å²) in [4.78, 5) is 22.8. The molecule has 6 nitrogen and oxygen atoms in total. The second-order valence-electron chi connectivity index (χ2n) is 5.00. The van der Waals surface area contributed by atoms with Crippen molar-refractivity contribution in [2.24, 2.45) is 5.73 Å². The number of hydrogen-bond acceptors (Lipinski definition) is 4. The number of nitrogens with one attached hydrogen (secondary N) is 2. The molecule has 0 bridgehead atoms. The van der Waals surface area contributed by atoms with E-state index in [4.69, 9.17) is 22.7 Å². The molecule has 2 aromatic rings. The van der Waals surface area contributed by atoms with Crippen LogP contribution in [0.3, 0.4) is 0 Å². The maximum atomic E-state index is 11.8. The van der Waals surface area contributed by atoms with Crippen molar-refractivity contribution in [3.05, 3.63) is 59.7 Å². The SMILES string of the molecule is Cc1ccccc1OCC(=O)NC(=S)Nc1ccc(C(N)=O)cc1. The van der Waals surface area contributed by atoms with E-state index < -0.39 is 5.91 Å². The molecule has 0 atom stereocenters. The first-order valence-electron chi connectivity index (χ1n) is 7.15. The molecule has 0 aliphatic carbocycles. The Balaban J connectivity index is 1.82. The molecule has 0 aliphatic heterocycles. The van der Waals surface area contributed by atoms with Crippen molar-refractivity contribution in [1.29, 1.82) is 0 Å². The molecule has 0 saturated carbocycles. The highest BCUT2D eigenvalue weighted by molar-refractivity contribution is 7.80. The average molecular weight is 343 g/mol. The van der Waals surface area contributed by atoms with Gasteiger partial charge in [-0.3, -0.25) is 14.9 Å². The third kappa shape index (κ3) is 5.06. The first-order valence-corrected chi connectivity index (χ1v) is 7.55. The van der Waals surface area contributed by atoms with Gasteiger partial charge in [-0.1, -0.05) is 18.2 Å². The van der Waals surface area contributed by atoms with Crippen molar-refractivity contribution in [3.63, 3.8) is 0 Å². The summed E-state index contributed by atoms with van der Waals surface area (Å²) in [6, 6.07) is 13.8. The number of hydrogen-bond donors (Lipinski definition) is 3. The molecule has 0 heterocycles. The molecule has 124 valence electrons. The van der Waals surface area contributed by atoms with E-state index in [9.17, 15) is 9.59 Å². The molecule has 2 aromatic carbocycles. The van der Waals surface area contributed by atoms with Gasteiger partial charge in [0.05, 0.1) is 0 Å². The average Bonchev–Trinajstić information content (AvgIpc) is 2.54. The van der Waals surface area contributed by atoms with Gasteiger partial charge >= 0.3 is 0 Å². The molecular weight excluding hydrogens is 326 g/mol. The van der Waals surface area contributed by atoms with Crippen molar-refractivity contribution >= 4 is 34.8 Å². The van der Waals surface area contributed by atoms with Crippen molar-refractivity contribution in [1.82, 2.24) is 5.32 Å². The minimum absolute atomic E-state index is 0.139. The van der Waals surface area contributed by atoms with Crippen LogP contribution in [0.25, 0.3) is 0 Å². The summed E-state index contributed by atoms with van der Waals surface area (Å²) in [5, 5.41) is 5.50. The summed E-state index contributed by atoms with van der Waals surface area (Å²) < 4.78 is 5.44. The number of rotatable bonds is 5. The molecular formula is C17H17N3O3S. The van der Waals surface area contributed by atoms with Crippen LogP contribution in [-0.2, 0) is 4.79 Å². The predicted molar refractivity (Wildman–Crippen MR) is 96.0 cm³/mol. The van der Waals surface area contributed by atoms with Crippen LogP contribution < -0.4 is 21.1 Å². The lowest BCUT2D eigenvalue weighted by atomic mass is 10.2. The first kappa shape index (κ1) is 17.4. The van der Waals surface area contributed by atoms with Gasteiger partial charge in [0, 0.05) is 11.3 Å². The van der Waals surface area contributed by atoms with Crippen molar-refractivity contribution in [2.75, 3.05) is 11.9 Å². The van der Waals surface area contributed by atoms with Gasteiger partial charge in [0.15, 0.2) is 11.7 Å². The second-order valence-corrected chi connectivity index (χ2v) is 5.41. The van der Waals surface area contributed by atoms with E-state index in [-0.39, 0.29) is 17.6 Å². The Morgan fingerprint density at radius 2 is 1.79 bits per heavy atom. The Morgan fingerprint density at radius 3 is 2.42 bits per heavy atom. The fraction of sp³-hybridized carbons (Fsp3) is 0.118. The van der Waals surface area contributed by atoms with Crippen LogP contribution in [0.15, 0.2) is 48.5 Å². The van der Waals surface area contributed by atoms with Gasteiger partial charge in [0.2, 0.25) is 5.91 Å². The van der Waals surface area contributed by atoms with Gasteiger partial charge < -0.3 is 15.8 Å². The maximum absolute atomic E-state index is 11.8. The largest absolute Gasteiger partial charge is 0.483 e. The Kier molecular flexibility index (Phi) is 5.86. The molecule has 0 aliphatic rings. The molecule has 4 N–H and O–H groups in total. The number of para-hydroxylation sites is 1. The molecule has 0 spiro atoms. The number of thiocarbonyl (C=S) groups is 1. The number of carbonyl (C=O) groups excluding carboxylic acids is 2. The van der Waals surface area contributed by atoms with Crippen LogP contribution in [0.4, 0.5) is 5.69 Å². The van der Waals surface area contributed by atoms with Crippen molar-refractivity contribution < 1.29 is 14.3 Å². The van der Waals surface area contributed by atoms with E-state index >= 15 is 0 Å². The van der Waals surface area contributed by atoms with E-state index in [1.54, 1.807) is 30.3 Å². The number of aryl methyl sites for hydroxylation is 1. The summed E-state index contributed by atoms with van der Waals surface area (Å²) in [5.74, 6) is -0.233. The Hall–Kier alpha value is -2.93. The van der Waals surface area contributed by atoms with Crippen LogP contribution >= 0.6 is 12.2 Å². The molecule has 0 aromatic heterocycles. The third-order valence-electron chi connectivity index (χ3n) is 3.13. The zero-order valence-corrected chi connectivity index (χ0v) is 13.9. The third-order valence-corrected chi connectivity index (χ3v) is 3.34. The highest BCUT2D eigenvalue weighted by Crippen LogP contribution is 2.15. The zero-order chi connectivity index (χ0) is 17.5. The van der Waals surface area contributed by atoms with Gasteiger partial charge in [0.25, 0.3) is 5.91 Å². The minimum Gasteiger partial charge on any atom is -0.483 e. The lowest BCUT2D eigenvalue weighted by Gasteiger charge is -2.11. The van der Waals surface area contributed by atoms with Gasteiger partial charge in [-0.05, 0) is 55.0 Å². The monoisotopic (exact) mass is 343 g/mol. The van der Waals surface area contributed by atoms with Gasteiger partial charge in [-0.25, -0.2) is 0 Å². The first-order chi connectivity index (χ1) is 11.5. The minimum atomic E-state index is -0.509. The summed E-state index contributed by atoms with van der Waals surface area (Å²) in [7, 11) is 0. The highest BCUT2D eigenvalue weighted by Gasteiger charge is 2.07. The molecule has 7 heteroatoms. The number of nitrogens with two attached hydrogens (primary N) is 1. The molecule has 2 rings (SSSR count). The molecule has 0 radical (unpaired) electrons. The van der Waals surface area contributed by atoms with E-state index in [2.05, 4.69) is 10.6 Å². The van der Waals surface area contributed by atoms with E-state index in [1.807, 2.05) is 25.1 Å². The fourth-order valence-corrected chi connectivity index (χ4v) is 2.14. The maximum Gasteiger partial charge on any atom is 0.264 e. The number of ether oxygens (including phenoxy) is 1. The highest BCUT2D eigenvalue weighted by atomic mass is 32.1. The Morgan fingerprint density at radius 1 is 1.12 bits per heavy atom. The quantitative estimate of drug-likeness (QED) is 0.722. The molecule has 0 unspecified atom stereocenters. The van der Waals surface area contributed by atoms with Crippen LogP contribution in [-0.4, -0.2) is 23.5 Å². The van der Waals surface area contributed by atoms with E-state index in [0.717, 1.165) is 5.56 Å². The number of primary amides is 1. The van der Waals surface area contributed by atoms with Crippen LogP contribution in [0.1, 0.15) is 15.9 Å². The summed E-state index contributed by atoms with van der Waals surface area (Å²) in [6.45, 7) is 1.75. The van der Waals surface area contributed by atoms with Crippen molar-refractivity contribution in [3.8, 4) is 5.75 Å². The molecule has 0 fully saturated rings. The normalized spacial score (nSPS) is 9.88. The Labute approximate surface area is 145 Å². The zero-order valence-electron chi connectivity index (χ0n) is 13.0. The second kappa shape index (κ2) is 8.07. The van der Waals surface area contributed by atoms with E-state index in [0.29, 0.717) is 17.0 Å².